The van der Waals surface area contributed by atoms with Crippen molar-refractivity contribution in [2.75, 3.05) is 37.6 Å². The Labute approximate surface area is 156 Å². The van der Waals surface area contributed by atoms with Gasteiger partial charge >= 0.3 is 0 Å². The van der Waals surface area contributed by atoms with Gasteiger partial charge in [-0.3, -0.25) is 4.99 Å². The van der Waals surface area contributed by atoms with E-state index in [0.717, 1.165) is 45.1 Å². The number of aliphatic imine (C=N–C) groups is 1. The lowest BCUT2D eigenvalue weighted by Crippen LogP contribution is -2.72. The molecule has 2 aliphatic rings. The number of guanidine groups is 1. The maximum atomic E-state index is 4.88. The third-order valence-corrected chi connectivity index (χ3v) is 6.97. The fourth-order valence-electron chi connectivity index (χ4n) is 3.54. The van der Waals surface area contributed by atoms with Crippen LogP contribution in [0.2, 0.25) is 0 Å². The van der Waals surface area contributed by atoms with Gasteiger partial charge < -0.3 is 15.1 Å². The Bertz CT molecular complexity index is 613. The normalized spacial score (nSPS) is 22.2. The standard InChI is InChI=1S/C19H33N5S/c1-6-20-16(24-14-18(2,3)19(24,4)5)21-10-9-15-13-25-17(22-15)23-11-7-8-12-23/h13H,6-12,14H2,1-5H3,(H,20,21). The van der Waals surface area contributed by atoms with Crippen molar-refractivity contribution in [3.8, 4) is 0 Å². The summed E-state index contributed by atoms with van der Waals surface area (Å²) in [4.78, 5) is 14.5. The van der Waals surface area contributed by atoms with Crippen molar-refractivity contribution >= 4 is 22.4 Å². The summed E-state index contributed by atoms with van der Waals surface area (Å²) >= 11 is 1.78. The molecule has 1 aromatic heterocycles. The maximum absolute atomic E-state index is 4.88. The Kier molecular flexibility index (Phi) is 5.28. The molecule has 2 aliphatic heterocycles. The van der Waals surface area contributed by atoms with Crippen LogP contribution in [0.1, 0.15) is 53.2 Å². The minimum atomic E-state index is 0.136. The number of thiazole rings is 1. The van der Waals surface area contributed by atoms with Crippen molar-refractivity contribution in [2.45, 2.75) is 59.4 Å². The average Bonchev–Trinajstić information content (AvgIpc) is 3.23. The zero-order valence-electron chi connectivity index (χ0n) is 16.4. The molecule has 0 saturated carbocycles. The van der Waals surface area contributed by atoms with Crippen LogP contribution in [0.25, 0.3) is 0 Å². The lowest BCUT2D eigenvalue weighted by molar-refractivity contribution is -0.0667. The number of hydrogen-bond acceptors (Lipinski definition) is 4. The van der Waals surface area contributed by atoms with Crippen LogP contribution in [0, 0.1) is 5.41 Å². The van der Waals surface area contributed by atoms with E-state index in [1.807, 2.05) is 0 Å². The Morgan fingerprint density at radius 3 is 2.60 bits per heavy atom. The number of hydrogen-bond donors (Lipinski definition) is 1. The van der Waals surface area contributed by atoms with Crippen molar-refractivity contribution in [3.05, 3.63) is 11.1 Å². The highest BCUT2D eigenvalue weighted by molar-refractivity contribution is 7.13. The summed E-state index contributed by atoms with van der Waals surface area (Å²) in [6, 6.07) is 0. The molecule has 0 amide bonds. The molecule has 25 heavy (non-hydrogen) atoms. The van der Waals surface area contributed by atoms with Crippen LogP contribution in [-0.4, -0.2) is 54.1 Å². The number of nitrogens with one attached hydrogen (secondary N) is 1. The first-order valence-corrected chi connectivity index (χ1v) is 10.5. The molecule has 1 aromatic rings. The van der Waals surface area contributed by atoms with Gasteiger partial charge in [0.2, 0.25) is 0 Å². The van der Waals surface area contributed by atoms with Crippen LogP contribution in [0.15, 0.2) is 10.4 Å². The van der Waals surface area contributed by atoms with Gasteiger partial charge in [0.15, 0.2) is 11.1 Å². The zero-order chi connectivity index (χ0) is 18.1. The van der Waals surface area contributed by atoms with Gasteiger partial charge in [0.1, 0.15) is 0 Å². The van der Waals surface area contributed by atoms with Gasteiger partial charge in [-0.05, 0) is 33.6 Å². The van der Waals surface area contributed by atoms with Gasteiger partial charge in [-0.15, -0.1) is 11.3 Å². The first-order chi connectivity index (χ1) is 11.8. The molecule has 2 saturated heterocycles. The molecule has 0 atom stereocenters. The van der Waals surface area contributed by atoms with Crippen molar-refractivity contribution in [3.63, 3.8) is 0 Å². The molecule has 6 heteroatoms. The van der Waals surface area contributed by atoms with E-state index >= 15 is 0 Å². The van der Waals surface area contributed by atoms with E-state index in [-0.39, 0.29) is 5.54 Å². The molecule has 0 bridgehead atoms. The molecule has 140 valence electrons. The SMILES string of the molecule is CCNC(=NCCc1csc(N2CCCC2)n1)N1CC(C)(C)C1(C)C. The van der Waals surface area contributed by atoms with Crippen molar-refractivity contribution in [1.82, 2.24) is 15.2 Å². The van der Waals surface area contributed by atoms with Gasteiger partial charge in [-0.25, -0.2) is 4.98 Å². The summed E-state index contributed by atoms with van der Waals surface area (Å²) in [5.41, 5.74) is 1.63. The third kappa shape index (κ3) is 3.64. The Morgan fingerprint density at radius 2 is 2.00 bits per heavy atom. The van der Waals surface area contributed by atoms with Gasteiger partial charge in [-0.1, -0.05) is 13.8 Å². The minimum Gasteiger partial charge on any atom is -0.356 e. The molecule has 0 unspecified atom stereocenters. The van der Waals surface area contributed by atoms with Crippen LogP contribution in [0.3, 0.4) is 0 Å². The van der Waals surface area contributed by atoms with E-state index < -0.39 is 0 Å². The highest BCUT2D eigenvalue weighted by Crippen LogP contribution is 2.46. The summed E-state index contributed by atoms with van der Waals surface area (Å²) in [5, 5.41) is 6.85. The Morgan fingerprint density at radius 1 is 1.28 bits per heavy atom. The van der Waals surface area contributed by atoms with E-state index in [2.05, 4.69) is 55.1 Å². The summed E-state index contributed by atoms with van der Waals surface area (Å²) in [6.45, 7) is 16.5. The fourth-order valence-corrected chi connectivity index (χ4v) is 4.45. The predicted octanol–water partition coefficient (Wildman–Crippen LogP) is 3.37. The minimum absolute atomic E-state index is 0.136. The largest absolute Gasteiger partial charge is 0.356 e. The highest BCUT2D eigenvalue weighted by Gasteiger charge is 2.53. The molecule has 3 rings (SSSR count). The molecule has 0 radical (unpaired) electrons. The maximum Gasteiger partial charge on any atom is 0.194 e. The summed E-state index contributed by atoms with van der Waals surface area (Å²) in [6.07, 6.45) is 3.51. The zero-order valence-corrected chi connectivity index (χ0v) is 17.2. The van der Waals surface area contributed by atoms with E-state index in [4.69, 9.17) is 9.98 Å². The van der Waals surface area contributed by atoms with Gasteiger partial charge in [0.05, 0.1) is 5.69 Å². The van der Waals surface area contributed by atoms with E-state index in [1.165, 1.54) is 23.7 Å². The lowest BCUT2D eigenvalue weighted by atomic mass is 9.65. The van der Waals surface area contributed by atoms with Crippen LogP contribution in [0.4, 0.5) is 5.13 Å². The monoisotopic (exact) mass is 363 g/mol. The molecule has 1 N–H and O–H groups in total. The number of anilines is 1. The van der Waals surface area contributed by atoms with Gasteiger partial charge in [0, 0.05) is 55.5 Å². The number of rotatable bonds is 5. The summed E-state index contributed by atoms with van der Waals surface area (Å²) < 4.78 is 0. The quantitative estimate of drug-likeness (QED) is 0.643. The topological polar surface area (TPSA) is 43.8 Å². The first kappa shape index (κ1) is 18.5. The van der Waals surface area contributed by atoms with Crippen molar-refractivity contribution < 1.29 is 0 Å². The fraction of sp³-hybridized carbons (Fsp3) is 0.789. The number of nitrogens with zero attached hydrogens (tertiary/aromatic N) is 4. The average molecular weight is 364 g/mol. The molecule has 0 aromatic carbocycles. The van der Waals surface area contributed by atoms with Crippen LogP contribution >= 0.6 is 11.3 Å². The molecule has 0 aliphatic carbocycles. The smallest absolute Gasteiger partial charge is 0.194 e. The van der Waals surface area contributed by atoms with E-state index in [9.17, 15) is 0 Å². The number of aromatic nitrogens is 1. The molecule has 5 nitrogen and oxygen atoms in total. The Balaban J connectivity index is 1.59. The van der Waals surface area contributed by atoms with Crippen LogP contribution in [0.5, 0.6) is 0 Å². The van der Waals surface area contributed by atoms with E-state index in [1.54, 1.807) is 11.3 Å². The van der Waals surface area contributed by atoms with Crippen LogP contribution < -0.4 is 10.2 Å². The third-order valence-electron chi connectivity index (χ3n) is 6.02. The van der Waals surface area contributed by atoms with Crippen LogP contribution in [-0.2, 0) is 6.42 Å². The second-order valence-electron chi connectivity index (χ2n) is 8.33. The van der Waals surface area contributed by atoms with Crippen molar-refractivity contribution in [2.24, 2.45) is 10.4 Å². The van der Waals surface area contributed by atoms with Gasteiger partial charge in [0.25, 0.3) is 0 Å². The van der Waals surface area contributed by atoms with E-state index in [0.29, 0.717) is 5.41 Å². The summed E-state index contributed by atoms with van der Waals surface area (Å²) in [7, 11) is 0. The number of likely N-dealkylation sites (tertiary alicyclic amines) is 1. The van der Waals surface area contributed by atoms with Gasteiger partial charge in [-0.2, -0.15) is 0 Å². The molecule has 2 fully saturated rings. The summed E-state index contributed by atoms with van der Waals surface area (Å²) in [5.74, 6) is 1.04. The second kappa shape index (κ2) is 7.14. The molecular weight excluding hydrogens is 330 g/mol. The second-order valence-corrected chi connectivity index (χ2v) is 9.17. The molecular formula is C19H33N5S. The molecule has 3 heterocycles. The molecule has 0 spiro atoms. The lowest BCUT2D eigenvalue weighted by Gasteiger charge is -2.62. The predicted molar refractivity (Wildman–Crippen MR) is 108 cm³/mol. The Hall–Kier alpha value is -1.30. The first-order valence-electron chi connectivity index (χ1n) is 9.60. The highest BCUT2D eigenvalue weighted by atomic mass is 32.1. The van der Waals surface area contributed by atoms with Crippen molar-refractivity contribution in [1.29, 1.82) is 0 Å².